The predicted octanol–water partition coefficient (Wildman–Crippen LogP) is 11.6. The van der Waals surface area contributed by atoms with E-state index in [0.29, 0.717) is 51.1 Å². The van der Waals surface area contributed by atoms with Crippen molar-refractivity contribution in [3.8, 4) is 0 Å². The molecule has 0 aliphatic carbocycles. The van der Waals surface area contributed by atoms with Crippen LogP contribution in [-0.4, -0.2) is 106 Å². The summed E-state index contributed by atoms with van der Waals surface area (Å²) in [7, 11) is 0. The zero-order valence-corrected chi connectivity index (χ0v) is 41.2. The Morgan fingerprint density at radius 1 is 0.734 bits per heavy atom. The molecule has 0 radical (unpaired) electrons. The van der Waals surface area contributed by atoms with Gasteiger partial charge in [-0.25, -0.2) is 18.4 Å². The number of rotatable bonds is 10. The fourth-order valence-electron chi connectivity index (χ4n) is 8.02. The molecule has 0 aromatic heterocycles. The van der Waals surface area contributed by atoms with Gasteiger partial charge in [-0.1, -0.05) is 65.8 Å². The Morgan fingerprint density at radius 3 is 1.67 bits per heavy atom. The minimum absolute atomic E-state index is 0.0142. The molecule has 1 unspecified atom stereocenters. The van der Waals surface area contributed by atoms with Crippen LogP contribution in [0.2, 0.25) is 0 Å². The number of hydrogen-bond acceptors (Lipinski definition) is 8. The van der Waals surface area contributed by atoms with Gasteiger partial charge in [0.15, 0.2) is 0 Å². The molecule has 5 rings (SSSR count). The summed E-state index contributed by atoms with van der Waals surface area (Å²) in [5.74, 6) is -1.76. The van der Waals surface area contributed by atoms with Gasteiger partial charge in [0.2, 0.25) is 5.91 Å². The highest BCUT2D eigenvalue weighted by Crippen LogP contribution is 2.48. The van der Waals surface area contributed by atoms with Crippen molar-refractivity contribution in [2.75, 3.05) is 39.3 Å². The smallest absolute Gasteiger partial charge is 0.410 e. The van der Waals surface area contributed by atoms with Crippen molar-refractivity contribution in [2.24, 2.45) is 15.8 Å². The van der Waals surface area contributed by atoms with Crippen LogP contribution in [0.5, 0.6) is 0 Å². The average Bonchev–Trinajstić information content (AvgIpc) is 3.47. The monoisotopic (exact) mass is 913 g/mol. The van der Waals surface area contributed by atoms with E-state index in [1.54, 1.807) is 26.8 Å². The first-order valence-electron chi connectivity index (χ1n) is 22.8. The summed E-state index contributed by atoms with van der Waals surface area (Å²) >= 11 is 1.30. The molecule has 14 heteroatoms. The number of likely N-dealkylation sites (tertiary alicyclic amines) is 2. The van der Waals surface area contributed by atoms with Gasteiger partial charge in [0.1, 0.15) is 28.2 Å². The van der Waals surface area contributed by atoms with Gasteiger partial charge in [-0.3, -0.25) is 14.6 Å². The lowest BCUT2D eigenvalue weighted by Crippen LogP contribution is -2.41. The van der Waals surface area contributed by atoms with E-state index in [0.717, 1.165) is 48.9 Å². The Bertz CT molecular complexity index is 1950. The molecule has 11 nitrogen and oxygen atoms in total. The summed E-state index contributed by atoms with van der Waals surface area (Å²) in [6, 6.07) is 10.1. The number of hydrogen-bond donors (Lipinski definition) is 1. The Morgan fingerprint density at radius 2 is 1.20 bits per heavy atom. The van der Waals surface area contributed by atoms with Crippen molar-refractivity contribution in [1.82, 2.24) is 14.7 Å². The first-order valence-corrected chi connectivity index (χ1v) is 23.8. The first kappa shape index (κ1) is 52.4. The topological polar surface area (TPSA) is 129 Å². The average molecular weight is 913 g/mol. The molecule has 0 bridgehead atoms. The number of nitrogens with zero attached hydrogens (tertiary/aromatic N) is 4. The van der Waals surface area contributed by atoms with E-state index >= 15 is 4.39 Å². The maximum absolute atomic E-state index is 15.4. The van der Waals surface area contributed by atoms with Crippen molar-refractivity contribution in [1.29, 1.82) is 0 Å². The van der Waals surface area contributed by atoms with Gasteiger partial charge in [-0.2, -0.15) is 0 Å². The predicted molar refractivity (Wildman–Crippen MR) is 251 cm³/mol. The van der Waals surface area contributed by atoms with Crippen LogP contribution in [0.25, 0.3) is 0 Å². The van der Waals surface area contributed by atoms with Crippen LogP contribution in [-0.2, 0) is 19.1 Å². The summed E-state index contributed by atoms with van der Waals surface area (Å²) in [4.78, 5) is 59.1. The number of ether oxygens (including phenoxy) is 2. The van der Waals surface area contributed by atoms with E-state index < -0.39 is 27.8 Å². The van der Waals surface area contributed by atoms with E-state index in [1.807, 2.05) is 59.9 Å². The van der Waals surface area contributed by atoms with Gasteiger partial charge >= 0.3 is 18.2 Å². The molecule has 2 aromatic carbocycles. The normalized spacial score (nSPS) is 19.5. The summed E-state index contributed by atoms with van der Waals surface area (Å²) in [6.45, 7) is 27.2. The second-order valence-electron chi connectivity index (χ2n) is 21.7. The van der Waals surface area contributed by atoms with E-state index in [4.69, 9.17) is 9.47 Å². The number of carbonyl (C=O) groups excluding carboxylic acids is 3. The van der Waals surface area contributed by atoms with Gasteiger partial charge in [0, 0.05) is 45.5 Å². The summed E-state index contributed by atoms with van der Waals surface area (Å²) in [5.41, 5.74) is 2.01. The van der Waals surface area contributed by atoms with Crippen LogP contribution in [0, 0.1) is 22.5 Å². The minimum atomic E-state index is -1.02. The fraction of sp³-hybridized carbons (Fsp3) is 0.660. The third-order valence-electron chi connectivity index (χ3n) is 11.4. The molecule has 3 heterocycles. The second-order valence-corrected chi connectivity index (χ2v) is 23.0. The van der Waals surface area contributed by atoms with Crippen LogP contribution in [0.15, 0.2) is 41.4 Å². The van der Waals surface area contributed by atoms with Crippen LogP contribution >= 0.6 is 11.8 Å². The van der Waals surface area contributed by atoms with Crippen molar-refractivity contribution >= 4 is 42.0 Å². The lowest BCUT2D eigenvalue weighted by atomic mass is 9.85. The Kier molecular flexibility index (Phi) is 17.9. The van der Waals surface area contributed by atoms with Crippen LogP contribution in [0.4, 0.5) is 18.4 Å². The SMILES string of the molecule is CC(C)(C)CCN1C(=O)[C@H](CC(=O)O)SC1c1cccc(F)c1C1CCN(C(=O)OC(C)(C)C)CC1.CC(C)(C)CCN=Cc1cccc(F)c1C1CCN(C(=O)OC(C)(C)C)CC1. The quantitative estimate of drug-likeness (QED) is 0.233. The molecule has 3 amide bonds. The molecule has 1 N–H and O–H groups in total. The van der Waals surface area contributed by atoms with E-state index in [2.05, 4.69) is 46.5 Å². The molecule has 3 saturated heterocycles. The van der Waals surface area contributed by atoms with Crippen LogP contribution in [0.1, 0.15) is 167 Å². The number of piperidine rings is 2. The van der Waals surface area contributed by atoms with Crippen molar-refractivity contribution in [2.45, 2.75) is 162 Å². The highest BCUT2D eigenvalue weighted by molar-refractivity contribution is 8.01. The number of carboxylic acid groups (broad SMARTS) is 1. The molecule has 3 aliphatic rings. The number of carboxylic acids is 1. The Labute approximate surface area is 385 Å². The van der Waals surface area contributed by atoms with Gasteiger partial charge in [0.05, 0.1) is 11.7 Å². The highest BCUT2D eigenvalue weighted by atomic mass is 32.2. The van der Waals surface area contributed by atoms with Gasteiger partial charge in [0.25, 0.3) is 0 Å². The Hall–Kier alpha value is -4.20. The van der Waals surface area contributed by atoms with E-state index in [-0.39, 0.29) is 58.8 Å². The molecule has 3 aliphatic heterocycles. The number of carbonyl (C=O) groups is 4. The number of amides is 3. The number of benzene rings is 2. The highest BCUT2D eigenvalue weighted by Gasteiger charge is 2.44. The zero-order chi connectivity index (χ0) is 47.8. The molecule has 0 saturated carbocycles. The lowest BCUT2D eigenvalue weighted by Gasteiger charge is -2.35. The number of aliphatic carboxylic acids is 1. The summed E-state index contributed by atoms with van der Waals surface area (Å²) in [6.07, 6.45) is 5.25. The third-order valence-corrected chi connectivity index (χ3v) is 12.8. The number of halogens is 2. The van der Waals surface area contributed by atoms with Gasteiger partial charge in [-0.05, 0) is 137 Å². The van der Waals surface area contributed by atoms with Gasteiger partial charge in [-0.15, -0.1) is 11.8 Å². The Balaban J connectivity index is 0.000000290. The van der Waals surface area contributed by atoms with Crippen molar-refractivity contribution in [3.05, 3.63) is 70.3 Å². The maximum atomic E-state index is 15.4. The molecule has 2 atom stereocenters. The van der Waals surface area contributed by atoms with Crippen molar-refractivity contribution in [3.63, 3.8) is 0 Å². The standard InChI is InChI=1S/C27H39FN2O5S.C23H35FN2O2/c1-26(2,3)12-15-30-23(33)20(16-21(31)32)36-24(30)18-8-7-9-19(28)22(18)17-10-13-29(14-11-17)25(34)35-27(4,5)6;1-22(2,3)12-13-25-16-18-8-7-9-19(24)20(18)17-10-14-26(15-11-17)21(27)28-23(4,5)6/h7-9,17,20,24H,10-16H2,1-6H3,(H,31,32);7-9,16-17H,10-15H2,1-6H3/t20-,24?;/m0./s1. The van der Waals surface area contributed by atoms with Crippen LogP contribution < -0.4 is 0 Å². The number of aliphatic imine (C=N–C) groups is 1. The van der Waals surface area contributed by atoms with Crippen LogP contribution in [0.3, 0.4) is 0 Å². The summed E-state index contributed by atoms with van der Waals surface area (Å²) < 4.78 is 40.9. The van der Waals surface area contributed by atoms with E-state index in [9.17, 15) is 28.7 Å². The fourth-order valence-corrected chi connectivity index (χ4v) is 9.53. The molecular weight excluding hydrogens is 839 g/mol. The third kappa shape index (κ3) is 16.0. The molecule has 0 spiro atoms. The lowest BCUT2D eigenvalue weighted by molar-refractivity contribution is -0.140. The number of thioether (sulfide) groups is 1. The van der Waals surface area contributed by atoms with E-state index in [1.165, 1.54) is 23.9 Å². The second kappa shape index (κ2) is 21.9. The summed E-state index contributed by atoms with van der Waals surface area (Å²) in [5, 5.41) is 8.21. The van der Waals surface area contributed by atoms with Crippen molar-refractivity contribution < 1.29 is 42.5 Å². The van der Waals surface area contributed by atoms with Gasteiger partial charge < -0.3 is 29.3 Å². The maximum Gasteiger partial charge on any atom is 0.410 e. The molecule has 356 valence electrons. The minimum Gasteiger partial charge on any atom is -0.481 e. The molecular formula is C50H74F2N4O7S. The molecule has 2 aromatic rings. The molecule has 64 heavy (non-hydrogen) atoms. The largest absolute Gasteiger partial charge is 0.481 e. The zero-order valence-electron chi connectivity index (χ0n) is 40.4. The first-order chi connectivity index (χ1) is 29.6. The molecule has 3 fully saturated rings.